The number of benzene rings is 1. The molecule has 0 aromatic heterocycles. The Kier molecular flexibility index (Phi) is 4.68. The number of nitro groups is 1. The molecular weight excluding hydrogens is 260 g/mol. The summed E-state index contributed by atoms with van der Waals surface area (Å²) in [6.45, 7) is 0.0818. The zero-order chi connectivity index (χ0) is 14.5. The van der Waals surface area contributed by atoms with Crippen LogP contribution in [-0.2, 0) is 0 Å². The normalized spacial score (nSPS) is 15.2. The Bertz CT molecular complexity index is 498. The lowest BCUT2D eigenvalue weighted by molar-refractivity contribution is -0.385. The Morgan fingerprint density at radius 2 is 2.00 bits per heavy atom. The van der Waals surface area contributed by atoms with E-state index >= 15 is 0 Å². The second kappa shape index (κ2) is 6.47. The van der Waals surface area contributed by atoms with Crippen LogP contribution >= 0.6 is 0 Å². The van der Waals surface area contributed by atoms with Crippen molar-refractivity contribution in [2.45, 2.75) is 31.7 Å². The van der Waals surface area contributed by atoms with Crippen molar-refractivity contribution < 1.29 is 14.8 Å². The Hall–Kier alpha value is -1.95. The van der Waals surface area contributed by atoms with Gasteiger partial charge in [0.15, 0.2) is 0 Å². The minimum Gasteiger partial charge on any atom is -0.395 e. The molecule has 0 heterocycles. The van der Waals surface area contributed by atoms with Gasteiger partial charge in [0.05, 0.1) is 11.5 Å². The van der Waals surface area contributed by atoms with Crippen LogP contribution in [0.1, 0.15) is 36.0 Å². The molecule has 6 heteroatoms. The Morgan fingerprint density at radius 1 is 1.35 bits per heavy atom. The predicted molar refractivity (Wildman–Crippen MR) is 73.5 cm³/mol. The maximum atomic E-state index is 12.6. The second-order valence-corrected chi connectivity index (χ2v) is 4.93. The van der Waals surface area contributed by atoms with Crippen molar-refractivity contribution in [3.63, 3.8) is 0 Å². The molecule has 2 rings (SSSR count). The summed E-state index contributed by atoms with van der Waals surface area (Å²) in [7, 11) is 0. The van der Waals surface area contributed by atoms with Crippen LogP contribution in [0.15, 0.2) is 24.3 Å². The van der Waals surface area contributed by atoms with Gasteiger partial charge in [-0.1, -0.05) is 25.0 Å². The fourth-order valence-electron chi connectivity index (χ4n) is 2.74. The van der Waals surface area contributed by atoms with Crippen LogP contribution < -0.4 is 0 Å². The van der Waals surface area contributed by atoms with E-state index in [9.17, 15) is 14.9 Å². The van der Waals surface area contributed by atoms with E-state index in [1.165, 1.54) is 12.1 Å². The third-order valence-electron chi connectivity index (χ3n) is 3.70. The van der Waals surface area contributed by atoms with Crippen LogP contribution in [0.25, 0.3) is 0 Å². The number of hydrogen-bond donors (Lipinski definition) is 1. The summed E-state index contributed by atoms with van der Waals surface area (Å²) >= 11 is 0. The lowest BCUT2D eigenvalue weighted by Gasteiger charge is -2.28. The van der Waals surface area contributed by atoms with Crippen LogP contribution in [0.2, 0.25) is 0 Å². The molecular formula is C14H18N2O4. The summed E-state index contributed by atoms with van der Waals surface area (Å²) in [6, 6.07) is 6.04. The molecule has 1 fully saturated rings. The SMILES string of the molecule is O=C(c1ccccc1[N+](=O)[O-])N(CCO)C1CCCC1. The summed E-state index contributed by atoms with van der Waals surface area (Å²) in [5.41, 5.74) is -0.0868. The third kappa shape index (κ3) is 2.96. The van der Waals surface area contributed by atoms with E-state index in [4.69, 9.17) is 5.11 Å². The standard InChI is InChI=1S/C14H18N2O4/c17-10-9-15(11-5-1-2-6-11)14(18)12-7-3-4-8-13(12)16(19)20/h3-4,7-8,11,17H,1-2,5-6,9-10H2. The number of rotatable bonds is 5. The predicted octanol–water partition coefficient (Wildman–Crippen LogP) is 1.97. The van der Waals surface area contributed by atoms with Crippen LogP contribution in [0, 0.1) is 10.1 Å². The van der Waals surface area contributed by atoms with Gasteiger partial charge >= 0.3 is 0 Å². The summed E-state index contributed by atoms with van der Waals surface area (Å²) < 4.78 is 0. The summed E-state index contributed by atoms with van der Waals surface area (Å²) in [5.74, 6) is -0.363. The van der Waals surface area contributed by atoms with Gasteiger partial charge in [0.1, 0.15) is 5.56 Å². The quantitative estimate of drug-likeness (QED) is 0.659. The number of carbonyl (C=O) groups excluding carboxylic acids is 1. The molecule has 1 amide bonds. The van der Waals surface area contributed by atoms with Crippen molar-refractivity contribution >= 4 is 11.6 Å². The molecule has 6 nitrogen and oxygen atoms in total. The zero-order valence-corrected chi connectivity index (χ0v) is 11.2. The maximum Gasteiger partial charge on any atom is 0.282 e. The smallest absolute Gasteiger partial charge is 0.282 e. The number of aliphatic hydroxyl groups excluding tert-OH is 1. The van der Waals surface area contributed by atoms with Crippen molar-refractivity contribution in [2.24, 2.45) is 0 Å². The van der Waals surface area contributed by atoms with Gasteiger partial charge in [0.2, 0.25) is 0 Å². The van der Waals surface area contributed by atoms with E-state index in [1.54, 1.807) is 17.0 Å². The van der Waals surface area contributed by atoms with Crippen LogP contribution in [0.3, 0.4) is 0 Å². The average Bonchev–Trinajstić information content (AvgIpc) is 2.98. The maximum absolute atomic E-state index is 12.6. The first kappa shape index (κ1) is 14.5. The number of nitro benzene ring substituents is 1. The molecule has 1 aliphatic carbocycles. The number of hydrogen-bond acceptors (Lipinski definition) is 4. The average molecular weight is 278 g/mol. The Balaban J connectivity index is 2.29. The molecule has 0 saturated heterocycles. The molecule has 108 valence electrons. The molecule has 1 aromatic carbocycles. The van der Waals surface area contributed by atoms with Gasteiger partial charge in [0, 0.05) is 18.7 Å². The van der Waals surface area contributed by atoms with Crippen LogP contribution in [0.5, 0.6) is 0 Å². The number of para-hydroxylation sites is 1. The fourth-order valence-corrected chi connectivity index (χ4v) is 2.74. The lowest BCUT2D eigenvalue weighted by Crippen LogP contribution is -2.41. The minimum atomic E-state index is -0.543. The van der Waals surface area contributed by atoms with E-state index < -0.39 is 4.92 Å². The number of nitrogens with zero attached hydrogens (tertiary/aromatic N) is 2. The fraction of sp³-hybridized carbons (Fsp3) is 0.500. The number of amides is 1. The monoisotopic (exact) mass is 278 g/mol. The molecule has 0 atom stereocenters. The Labute approximate surface area is 117 Å². The van der Waals surface area contributed by atoms with Crippen molar-refractivity contribution in [2.75, 3.05) is 13.2 Å². The van der Waals surface area contributed by atoms with Gasteiger partial charge in [-0.15, -0.1) is 0 Å². The molecule has 0 bridgehead atoms. The van der Waals surface area contributed by atoms with Crippen molar-refractivity contribution in [1.29, 1.82) is 0 Å². The van der Waals surface area contributed by atoms with Gasteiger partial charge < -0.3 is 10.0 Å². The number of aliphatic hydroxyl groups is 1. The van der Waals surface area contributed by atoms with Crippen molar-refractivity contribution in [1.82, 2.24) is 4.90 Å². The first-order valence-electron chi connectivity index (χ1n) is 6.80. The highest BCUT2D eigenvalue weighted by atomic mass is 16.6. The van der Waals surface area contributed by atoms with Crippen LogP contribution in [0.4, 0.5) is 5.69 Å². The van der Waals surface area contributed by atoms with E-state index in [-0.39, 0.29) is 36.4 Å². The topological polar surface area (TPSA) is 83.7 Å². The highest BCUT2D eigenvalue weighted by Gasteiger charge is 2.30. The number of carbonyl (C=O) groups is 1. The van der Waals surface area contributed by atoms with E-state index in [2.05, 4.69) is 0 Å². The lowest BCUT2D eigenvalue weighted by atomic mass is 10.1. The van der Waals surface area contributed by atoms with Gasteiger partial charge in [-0.05, 0) is 18.9 Å². The highest BCUT2D eigenvalue weighted by Crippen LogP contribution is 2.27. The summed E-state index contributed by atoms with van der Waals surface area (Å²) in [4.78, 5) is 24.6. The van der Waals surface area contributed by atoms with Gasteiger partial charge in [0.25, 0.3) is 11.6 Å². The molecule has 1 saturated carbocycles. The molecule has 0 unspecified atom stereocenters. The molecule has 0 aliphatic heterocycles. The Morgan fingerprint density at radius 3 is 2.60 bits per heavy atom. The molecule has 1 N–H and O–H groups in total. The van der Waals surface area contributed by atoms with E-state index in [0.717, 1.165) is 25.7 Å². The van der Waals surface area contributed by atoms with Gasteiger partial charge in [-0.25, -0.2) is 0 Å². The van der Waals surface area contributed by atoms with Crippen molar-refractivity contribution in [3.8, 4) is 0 Å². The second-order valence-electron chi connectivity index (χ2n) is 4.93. The molecule has 0 radical (unpaired) electrons. The summed E-state index contributed by atoms with van der Waals surface area (Å²) in [6.07, 6.45) is 3.90. The van der Waals surface area contributed by atoms with Crippen molar-refractivity contribution in [3.05, 3.63) is 39.9 Å². The third-order valence-corrected chi connectivity index (χ3v) is 3.70. The van der Waals surface area contributed by atoms with Gasteiger partial charge in [-0.2, -0.15) is 0 Å². The largest absolute Gasteiger partial charge is 0.395 e. The first-order chi connectivity index (χ1) is 9.65. The first-order valence-corrected chi connectivity index (χ1v) is 6.80. The van der Waals surface area contributed by atoms with E-state index in [0.29, 0.717) is 0 Å². The molecule has 20 heavy (non-hydrogen) atoms. The van der Waals surface area contributed by atoms with Gasteiger partial charge in [-0.3, -0.25) is 14.9 Å². The van der Waals surface area contributed by atoms with Crippen LogP contribution in [-0.4, -0.2) is 40.0 Å². The minimum absolute atomic E-state index is 0.0782. The molecule has 1 aliphatic rings. The highest BCUT2D eigenvalue weighted by molar-refractivity contribution is 5.98. The molecule has 1 aromatic rings. The van der Waals surface area contributed by atoms with E-state index in [1.807, 2.05) is 0 Å². The zero-order valence-electron chi connectivity index (χ0n) is 11.2. The molecule has 0 spiro atoms. The summed E-state index contributed by atoms with van der Waals surface area (Å²) in [5, 5.41) is 20.2.